The second kappa shape index (κ2) is 10.1. The number of amides is 2. The Morgan fingerprint density at radius 3 is 2.78 bits per heavy atom. The molecule has 0 aliphatic carbocycles. The van der Waals surface area contributed by atoms with Crippen LogP contribution in [0.4, 0.5) is 18.0 Å². The lowest BCUT2D eigenvalue weighted by atomic mass is 10.1. The van der Waals surface area contributed by atoms with Gasteiger partial charge in [0.1, 0.15) is 0 Å². The summed E-state index contributed by atoms with van der Waals surface area (Å²) in [6.45, 7) is 2.11. The zero-order valence-electron chi connectivity index (χ0n) is 19.7. The Morgan fingerprint density at radius 1 is 1.22 bits per heavy atom. The number of aromatic nitrogens is 2. The van der Waals surface area contributed by atoms with E-state index in [-0.39, 0.29) is 40.9 Å². The molecular formula is C25H22ClF3N4O3S. The molecule has 5 rings (SSSR count). The van der Waals surface area contributed by atoms with E-state index in [1.165, 1.54) is 21.7 Å². The molecule has 37 heavy (non-hydrogen) atoms. The number of thioether (sulfide) groups is 1. The third-order valence-electron chi connectivity index (χ3n) is 6.26. The summed E-state index contributed by atoms with van der Waals surface area (Å²) >= 11 is 6.66. The smallest absolute Gasteiger partial charge is 0.374 e. The first-order valence-electron chi connectivity index (χ1n) is 11.5. The van der Waals surface area contributed by atoms with Gasteiger partial charge in [-0.1, -0.05) is 23.7 Å². The number of nitrogens with zero attached hydrogens (tertiary/aromatic N) is 4. The largest absolute Gasteiger partial charge is 0.416 e. The minimum absolute atomic E-state index is 0.00839. The Hall–Kier alpha value is -2.86. The van der Waals surface area contributed by atoms with E-state index < -0.39 is 11.7 Å². The van der Waals surface area contributed by atoms with E-state index in [0.29, 0.717) is 34.5 Å². The fraction of sp³-hybridized carbons (Fsp3) is 0.320. The van der Waals surface area contributed by atoms with Crippen molar-refractivity contribution in [1.82, 2.24) is 19.6 Å². The number of rotatable bonds is 5. The maximum absolute atomic E-state index is 13.5. The summed E-state index contributed by atoms with van der Waals surface area (Å²) in [5, 5.41) is 4.62. The molecule has 2 aliphatic heterocycles. The number of fused-ring (bicyclic) bond motifs is 1. The molecule has 3 aromatic rings. The van der Waals surface area contributed by atoms with E-state index in [0.717, 1.165) is 24.4 Å². The molecule has 2 fully saturated rings. The predicted molar refractivity (Wildman–Crippen MR) is 135 cm³/mol. The average Bonchev–Trinajstić information content (AvgIpc) is 3.35. The van der Waals surface area contributed by atoms with Crippen molar-refractivity contribution >= 4 is 51.5 Å². The van der Waals surface area contributed by atoms with Crippen molar-refractivity contribution in [2.24, 2.45) is 0 Å². The van der Waals surface area contributed by atoms with Crippen LogP contribution < -0.4 is 0 Å². The summed E-state index contributed by atoms with van der Waals surface area (Å²) < 4.78 is 47.6. The van der Waals surface area contributed by atoms with Gasteiger partial charge in [-0.15, -0.1) is 0 Å². The highest BCUT2D eigenvalue weighted by Gasteiger charge is 2.37. The molecule has 1 aromatic heterocycles. The number of alkyl halides is 3. The van der Waals surface area contributed by atoms with Crippen LogP contribution in [-0.2, 0) is 22.3 Å². The number of likely N-dealkylation sites (N-methyl/N-ethyl adjacent to an activating group) is 1. The van der Waals surface area contributed by atoms with E-state index >= 15 is 0 Å². The number of benzene rings is 2. The number of hydrogen-bond donors (Lipinski definition) is 0. The molecule has 1 unspecified atom stereocenters. The first-order chi connectivity index (χ1) is 17.6. The van der Waals surface area contributed by atoms with Crippen molar-refractivity contribution in [2.75, 3.05) is 33.3 Å². The molecule has 0 N–H and O–H groups in total. The Labute approximate surface area is 219 Å². The van der Waals surface area contributed by atoms with Crippen molar-refractivity contribution in [1.29, 1.82) is 0 Å². The number of morpholine rings is 1. The molecule has 2 aliphatic rings. The van der Waals surface area contributed by atoms with Gasteiger partial charge in [-0.2, -0.15) is 18.3 Å². The number of imide groups is 1. The van der Waals surface area contributed by atoms with Gasteiger partial charge >= 0.3 is 6.18 Å². The van der Waals surface area contributed by atoms with Gasteiger partial charge in [-0.05, 0) is 60.3 Å². The monoisotopic (exact) mass is 550 g/mol. The second-order valence-corrected chi connectivity index (χ2v) is 10.4. The highest BCUT2D eigenvalue weighted by Crippen LogP contribution is 2.35. The highest BCUT2D eigenvalue weighted by molar-refractivity contribution is 8.18. The molecule has 2 amide bonds. The van der Waals surface area contributed by atoms with Gasteiger partial charge in [0.05, 0.1) is 48.0 Å². The van der Waals surface area contributed by atoms with Crippen molar-refractivity contribution in [3.05, 3.63) is 69.2 Å². The molecule has 1 atom stereocenters. The summed E-state index contributed by atoms with van der Waals surface area (Å²) in [4.78, 5) is 29.0. The van der Waals surface area contributed by atoms with Crippen LogP contribution in [0.3, 0.4) is 0 Å². The van der Waals surface area contributed by atoms with E-state index in [1.807, 2.05) is 7.05 Å². The normalized spacial score (nSPS) is 20.5. The molecule has 2 saturated heterocycles. The topological polar surface area (TPSA) is 67.7 Å². The van der Waals surface area contributed by atoms with Crippen LogP contribution in [-0.4, -0.2) is 70.1 Å². The Kier molecular flexibility index (Phi) is 7.06. The molecule has 194 valence electrons. The maximum atomic E-state index is 13.5. The van der Waals surface area contributed by atoms with Gasteiger partial charge in [-0.3, -0.25) is 19.2 Å². The number of ether oxygens (including phenoxy) is 1. The van der Waals surface area contributed by atoms with Crippen LogP contribution in [0.25, 0.3) is 17.0 Å². The summed E-state index contributed by atoms with van der Waals surface area (Å²) in [6, 6.07) is 8.92. The molecular weight excluding hydrogens is 529 g/mol. The molecule has 0 radical (unpaired) electrons. The zero-order chi connectivity index (χ0) is 26.3. The van der Waals surface area contributed by atoms with Crippen LogP contribution in [0.15, 0.2) is 47.5 Å². The van der Waals surface area contributed by atoms with Gasteiger partial charge in [0.2, 0.25) is 0 Å². The summed E-state index contributed by atoms with van der Waals surface area (Å²) in [6.07, 6.45) is -1.58. The number of carbonyl (C=O) groups is 2. The molecule has 7 nitrogen and oxygen atoms in total. The van der Waals surface area contributed by atoms with Gasteiger partial charge in [0.25, 0.3) is 11.1 Å². The third kappa shape index (κ3) is 5.54. The summed E-state index contributed by atoms with van der Waals surface area (Å²) in [5.41, 5.74) is 0.551. The lowest BCUT2D eigenvalue weighted by molar-refractivity contribution is -0.138. The van der Waals surface area contributed by atoms with E-state index in [4.69, 9.17) is 16.3 Å². The Morgan fingerprint density at radius 2 is 2.03 bits per heavy atom. The number of hydrogen-bond acceptors (Lipinski definition) is 6. The van der Waals surface area contributed by atoms with Crippen LogP contribution in [0.1, 0.15) is 16.7 Å². The Balaban J connectivity index is 1.35. The first kappa shape index (κ1) is 25.8. The van der Waals surface area contributed by atoms with Crippen LogP contribution in [0.5, 0.6) is 0 Å². The number of carbonyl (C=O) groups excluding carboxylic acids is 2. The fourth-order valence-electron chi connectivity index (χ4n) is 4.42. The summed E-state index contributed by atoms with van der Waals surface area (Å²) in [7, 11) is 1.96. The van der Waals surface area contributed by atoms with Crippen LogP contribution >= 0.6 is 23.4 Å². The average molecular weight is 551 g/mol. The zero-order valence-corrected chi connectivity index (χ0v) is 21.2. The highest BCUT2D eigenvalue weighted by atomic mass is 35.5. The van der Waals surface area contributed by atoms with Crippen molar-refractivity contribution < 1.29 is 27.5 Å². The minimum atomic E-state index is -4.54. The van der Waals surface area contributed by atoms with E-state index in [2.05, 4.69) is 10.00 Å². The van der Waals surface area contributed by atoms with Gasteiger partial charge in [0.15, 0.2) is 0 Å². The van der Waals surface area contributed by atoms with Crippen LogP contribution in [0, 0.1) is 0 Å². The lowest BCUT2D eigenvalue weighted by Gasteiger charge is -2.31. The number of halogens is 4. The molecule has 3 heterocycles. The SMILES string of the molecule is CN1CCOC(CN2C(=O)SC(=Cc3ccc4c(cnn4Cc4ccc(Cl)cc4C(F)(F)F)c3)C2=O)C1. The van der Waals surface area contributed by atoms with E-state index in [1.54, 1.807) is 30.5 Å². The molecule has 2 aromatic carbocycles. The van der Waals surface area contributed by atoms with Gasteiger partial charge in [0, 0.05) is 23.5 Å². The maximum Gasteiger partial charge on any atom is 0.416 e. The van der Waals surface area contributed by atoms with Gasteiger partial charge < -0.3 is 9.64 Å². The van der Waals surface area contributed by atoms with Crippen molar-refractivity contribution in [2.45, 2.75) is 18.8 Å². The Bertz CT molecular complexity index is 1410. The molecule has 0 bridgehead atoms. The summed E-state index contributed by atoms with van der Waals surface area (Å²) in [5.74, 6) is -0.370. The van der Waals surface area contributed by atoms with Crippen molar-refractivity contribution in [3.8, 4) is 0 Å². The first-order valence-corrected chi connectivity index (χ1v) is 12.6. The molecule has 0 spiro atoms. The van der Waals surface area contributed by atoms with E-state index in [9.17, 15) is 22.8 Å². The molecule has 0 saturated carbocycles. The molecule has 12 heteroatoms. The van der Waals surface area contributed by atoms with Crippen molar-refractivity contribution in [3.63, 3.8) is 0 Å². The lowest BCUT2D eigenvalue weighted by Crippen LogP contribution is -2.47. The predicted octanol–water partition coefficient (Wildman–Crippen LogP) is 5.12. The third-order valence-corrected chi connectivity index (χ3v) is 7.41. The fourth-order valence-corrected chi connectivity index (χ4v) is 5.44. The minimum Gasteiger partial charge on any atom is -0.374 e. The van der Waals surface area contributed by atoms with Crippen LogP contribution in [0.2, 0.25) is 5.02 Å². The standard InChI is InChI=1S/C25H22ClF3N4O3S/c1-31-6-7-36-19(13-31)14-32-23(34)22(37-24(32)35)9-15-2-5-21-17(8-15)11-30-33(21)12-16-3-4-18(26)10-20(16)25(27,28)29/h2-5,8-11,19H,6-7,12-14H2,1H3. The quantitative estimate of drug-likeness (QED) is 0.411. The van der Waals surface area contributed by atoms with Gasteiger partial charge in [-0.25, -0.2) is 0 Å². The second-order valence-electron chi connectivity index (χ2n) is 8.97.